The molecule has 0 unspecified atom stereocenters. The molecule has 4 rings (SSSR count). The first kappa shape index (κ1) is 16.0. The minimum atomic E-state index is -0.259. The molecule has 0 radical (unpaired) electrons. The van der Waals surface area contributed by atoms with Crippen molar-refractivity contribution in [1.82, 2.24) is 14.4 Å². The number of nitrogens with zero attached hydrogens (tertiary/aromatic N) is 3. The van der Waals surface area contributed by atoms with Crippen molar-refractivity contribution >= 4 is 17.2 Å². The van der Waals surface area contributed by atoms with Gasteiger partial charge in [-0.3, -0.25) is 9.78 Å². The third-order valence-corrected chi connectivity index (χ3v) is 4.03. The highest BCUT2D eigenvalue weighted by Crippen LogP contribution is 2.21. The van der Waals surface area contributed by atoms with E-state index in [0.717, 1.165) is 22.4 Å². The quantitative estimate of drug-likeness (QED) is 0.596. The Morgan fingerprint density at radius 3 is 2.69 bits per heavy atom. The molecule has 26 heavy (non-hydrogen) atoms. The number of aliphatic hydroxyl groups is 1. The van der Waals surface area contributed by atoms with Crippen LogP contribution >= 0.6 is 0 Å². The van der Waals surface area contributed by atoms with E-state index in [0.29, 0.717) is 11.3 Å². The molecule has 0 spiro atoms. The van der Waals surface area contributed by atoms with Crippen molar-refractivity contribution in [3.63, 3.8) is 0 Å². The summed E-state index contributed by atoms with van der Waals surface area (Å²) in [4.78, 5) is 20.9. The number of pyridine rings is 2. The van der Waals surface area contributed by atoms with Crippen LogP contribution in [0.2, 0.25) is 0 Å². The zero-order chi connectivity index (χ0) is 17.9. The average molecular weight is 344 g/mol. The first-order valence-electron chi connectivity index (χ1n) is 8.13. The molecule has 4 aromatic rings. The Morgan fingerprint density at radius 2 is 1.88 bits per heavy atom. The van der Waals surface area contributed by atoms with Crippen LogP contribution in [-0.4, -0.2) is 25.4 Å². The average Bonchev–Trinajstić information content (AvgIpc) is 3.12. The van der Waals surface area contributed by atoms with E-state index >= 15 is 0 Å². The molecule has 0 saturated heterocycles. The fraction of sp³-hybridized carbons (Fsp3) is 0.0500. The number of nitrogens with one attached hydrogen (secondary N) is 1. The largest absolute Gasteiger partial charge is 0.392 e. The van der Waals surface area contributed by atoms with Gasteiger partial charge >= 0.3 is 0 Å². The molecule has 0 aliphatic heterocycles. The molecule has 1 aromatic carbocycles. The summed E-state index contributed by atoms with van der Waals surface area (Å²) in [5.41, 5.74) is 4.31. The number of imidazole rings is 1. The maximum atomic E-state index is 12.4. The highest BCUT2D eigenvalue weighted by molar-refractivity contribution is 6.03. The molecular weight excluding hydrogens is 328 g/mol. The van der Waals surface area contributed by atoms with E-state index in [1.54, 1.807) is 23.0 Å². The lowest BCUT2D eigenvalue weighted by molar-refractivity contribution is 0.102. The molecule has 2 N–H and O–H groups in total. The van der Waals surface area contributed by atoms with Crippen molar-refractivity contribution in [3.05, 3.63) is 84.6 Å². The van der Waals surface area contributed by atoms with Crippen LogP contribution in [0.1, 0.15) is 16.1 Å². The van der Waals surface area contributed by atoms with Crippen molar-refractivity contribution in [1.29, 1.82) is 0 Å². The van der Waals surface area contributed by atoms with E-state index in [4.69, 9.17) is 0 Å². The Balaban J connectivity index is 1.64. The molecule has 0 aliphatic carbocycles. The monoisotopic (exact) mass is 344 g/mol. The van der Waals surface area contributed by atoms with E-state index in [2.05, 4.69) is 15.3 Å². The number of aliphatic hydroxyl groups excluding tert-OH is 1. The van der Waals surface area contributed by atoms with Gasteiger partial charge in [0.2, 0.25) is 0 Å². The summed E-state index contributed by atoms with van der Waals surface area (Å²) < 4.78 is 1.81. The van der Waals surface area contributed by atoms with Gasteiger partial charge in [0.1, 0.15) is 11.3 Å². The Labute approximate surface area is 149 Å². The summed E-state index contributed by atoms with van der Waals surface area (Å²) in [6, 6.07) is 14.9. The van der Waals surface area contributed by atoms with Crippen LogP contribution in [0.3, 0.4) is 0 Å². The third kappa shape index (κ3) is 3.18. The van der Waals surface area contributed by atoms with Gasteiger partial charge in [0.25, 0.3) is 5.91 Å². The summed E-state index contributed by atoms with van der Waals surface area (Å²) in [5, 5.41) is 12.1. The van der Waals surface area contributed by atoms with Gasteiger partial charge in [-0.15, -0.1) is 0 Å². The summed E-state index contributed by atoms with van der Waals surface area (Å²) in [7, 11) is 0. The standard InChI is InChI=1S/C20H16N4O2/c25-13-14-8-16(10-21-9-14)15-6-7-19-23-18(12-24(19)11-15)20(26)22-17-4-2-1-3-5-17/h1-12,25H,13H2,(H,22,26). The fourth-order valence-corrected chi connectivity index (χ4v) is 2.72. The van der Waals surface area contributed by atoms with Gasteiger partial charge in [-0.05, 0) is 35.9 Å². The van der Waals surface area contributed by atoms with E-state index in [9.17, 15) is 9.90 Å². The molecule has 128 valence electrons. The van der Waals surface area contributed by atoms with Gasteiger partial charge in [0.15, 0.2) is 0 Å². The summed E-state index contributed by atoms with van der Waals surface area (Å²) in [6.07, 6.45) is 6.95. The van der Waals surface area contributed by atoms with Gasteiger partial charge in [-0.2, -0.15) is 0 Å². The number of para-hydroxylation sites is 1. The maximum Gasteiger partial charge on any atom is 0.275 e. The smallest absolute Gasteiger partial charge is 0.275 e. The van der Waals surface area contributed by atoms with Crippen LogP contribution in [-0.2, 0) is 6.61 Å². The van der Waals surface area contributed by atoms with Crippen LogP contribution in [0.25, 0.3) is 16.8 Å². The van der Waals surface area contributed by atoms with Gasteiger partial charge in [0.05, 0.1) is 6.61 Å². The van der Waals surface area contributed by atoms with E-state index in [1.807, 2.05) is 54.7 Å². The predicted octanol–water partition coefficient (Wildman–Crippen LogP) is 3.14. The predicted molar refractivity (Wildman–Crippen MR) is 98.7 cm³/mol. The Hall–Kier alpha value is -3.51. The first-order chi connectivity index (χ1) is 12.7. The number of hydrogen-bond donors (Lipinski definition) is 2. The third-order valence-electron chi connectivity index (χ3n) is 4.03. The zero-order valence-corrected chi connectivity index (χ0v) is 13.8. The molecule has 0 fully saturated rings. The molecular formula is C20H16N4O2. The van der Waals surface area contributed by atoms with E-state index < -0.39 is 0 Å². The van der Waals surface area contributed by atoms with Crippen LogP contribution in [0, 0.1) is 0 Å². The van der Waals surface area contributed by atoms with Gasteiger partial charge in [-0.25, -0.2) is 4.98 Å². The van der Waals surface area contributed by atoms with Crippen molar-refractivity contribution in [2.45, 2.75) is 6.61 Å². The molecule has 3 aromatic heterocycles. The number of carbonyl (C=O) groups excluding carboxylic acids is 1. The molecule has 6 nitrogen and oxygen atoms in total. The minimum absolute atomic E-state index is 0.0576. The lowest BCUT2D eigenvalue weighted by Gasteiger charge is -2.04. The van der Waals surface area contributed by atoms with Crippen molar-refractivity contribution in [2.24, 2.45) is 0 Å². The highest BCUT2D eigenvalue weighted by Gasteiger charge is 2.11. The molecule has 0 saturated carbocycles. The number of anilines is 1. The number of aromatic nitrogens is 3. The van der Waals surface area contributed by atoms with Gasteiger partial charge in [-0.1, -0.05) is 18.2 Å². The second-order valence-corrected chi connectivity index (χ2v) is 5.87. The molecule has 1 amide bonds. The Bertz CT molecular complexity index is 1070. The minimum Gasteiger partial charge on any atom is -0.392 e. The molecule has 0 aliphatic rings. The molecule has 0 atom stereocenters. The van der Waals surface area contributed by atoms with Crippen LogP contribution in [0.15, 0.2) is 73.3 Å². The molecule has 0 bridgehead atoms. The second-order valence-electron chi connectivity index (χ2n) is 5.87. The molecule has 3 heterocycles. The van der Waals surface area contributed by atoms with Crippen molar-refractivity contribution in [2.75, 3.05) is 5.32 Å². The highest BCUT2D eigenvalue weighted by atomic mass is 16.3. The van der Waals surface area contributed by atoms with Crippen LogP contribution in [0.5, 0.6) is 0 Å². The number of fused-ring (bicyclic) bond motifs is 1. The lowest BCUT2D eigenvalue weighted by Crippen LogP contribution is -2.11. The topological polar surface area (TPSA) is 79.5 Å². The van der Waals surface area contributed by atoms with E-state index in [1.165, 1.54) is 0 Å². The second kappa shape index (κ2) is 6.78. The fourth-order valence-electron chi connectivity index (χ4n) is 2.72. The summed E-state index contributed by atoms with van der Waals surface area (Å²) in [5.74, 6) is -0.259. The Kier molecular flexibility index (Phi) is 4.17. The summed E-state index contributed by atoms with van der Waals surface area (Å²) in [6.45, 7) is -0.0576. The van der Waals surface area contributed by atoms with Crippen molar-refractivity contribution in [3.8, 4) is 11.1 Å². The number of benzene rings is 1. The van der Waals surface area contributed by atoms with Crippen LogP contribution in [0.4, 0.5) is 5.69 Å². The zero-order valence-electron chi connectivity index (χ0n) is 13.8. The number of carbonyl (C=O) groups is 1. The summed E-state index contributed by atoms with van der Waals surface area (Å²) >= 11 is 0. The van der Waals surface area contributed by atoms with Gasteiger partial charge in [0, 0.05) is 41.6 Å². The maximum absolute atomic E-state index is 12.4. The number of amides is 1. The van der Waals surface area contributed by atoms with E-state index in [-0.39, 0.29) is 12.5 Å². The van der Waals surface area contributed by atoms with Crippen LogP contribution < -0.4 is 5.32 Å². The SMILES string of the molecule is O=C(Nc1ccccc1)c1cn2cc(-c3cncc(CO)c3)ccc2n1. The first-order valence-corrected chi connectivity index (χ1v) is 8.13. The number of rotatable bonds is 4. The Morgan fingerprint density at radius 1 is 1.04 bits per heavy atom. The lowest BCUT2D eigenvalue weighted by atomic mass is 10.1. The van der Waals surface area contributed by atoms with Crippen molar-refractivity contribution < 1.29 is 9.90 Å². The molecule has 6 heteroatoms. The normalized spacial score (nSPS) is 10.8. The number of hydrogen-bond acceptors (Lipinski definition) is 4. The van der Waals surface area contributed by atoms with Gasteiger partial charge < -0.3 is 14.8 Å².